The standard InChI is InChI=1S/C12H9BrCl2OS/c1-16-9-5-3-2-4-7(9)11(14)10-6-8(13)12(15)17-10/h2-6,11H,1H3. The highest BCUT2D eigenvalue weighted by atomic mass is 79.9. The molecule has 0 N–H and O–H groups in total. The maximum absolute atomic E-state index is 6.45. The summed E-state index contributed by atoms with van der Waals surface area (Å²) in [6, 6.07) is 9.66. The van der Waals surface area contributed by atoms with Gasteiger partial charge in [0, 0.05) is 14.9 Å². The van der Waals surface area contributed by atoms with Gasteiger partial charge in [0.2, 0.25) is 0 Å². The zero-order valence-electron chi connectivity index (χ0n) is 8.91. The Morgan fingerprint density at radius 3 is 2.65 bits per heavy atom. The van der Waals surface area contributed by atoms with Gasteiger partial charge in [-0.2, -0.15) is 0 Å². The Balaban J connectivity index is 2.39. The van der Waals surface area contributed by atoms with Crippen molar-refractivity contribution in [3.63, 3.8) is 0 Å². The van der Waals surface area contributed by atoms with E-state index in [1.165, 1.54) is 11.3 Å². The molecule has 0 aliphatic heterocycles. The molecule has 1 aromatic heterocycles. The van der Waals surface area contributed by atoms with Crippen molar-refractivity contribution < 1.29 is 4.74 Å². The van der Waals surface area contributed by atoms with Gasteiger partial charge in [-0.25, -0.2) is 0 Å². The summed E-state index contributed by atoms with van der Waals surface area (Å²) in [6.07, 6.45) is 0. The van der Waals surface area contributed by atoms with Crippen LogP contribution >= 0.6 is 50.5 Å². The molecule has 0 radical (unpaired) electrons. The van der Waals surface area contributed by atoms with Gasteiger partial charge in [0.1, 0.15) is 10.1 Å². The van der Waals surface area contributed by atoms with Crippen LogP contribution in [0.4, 0.5) is 0 Å². The van der Waals surface area contributed by atoms with E-state index in [0.717, 1.165) is 20.7 Å². The predicted octanol–water partition coefficient (Wildman–Crippen LogP) is 5.50. The number of hydrogen-bond acceptors (Lipinski definition) is 2. The lowest BCUT2D eigenvalue weighted by Crippen LogP contribution is -1.95. The minimum Gasteiger partial charge on any atom is -0.496 e. The smallest absolute Gasteiger partial charge is 0.123 e. The van der Waals surface area contributed by atoms with E-state index < -0.39 is 0 Å². The largest absolute Gasteiger partial charge is 0.496 e. The molecule has 1 nitrogen and oxygen atoms in total. The van der Waals surface area contributed by atoms with Crippen LogP contribution in [0.15, 0.2) is 34.8 Å². The van der Waals surface area contributed by atoms with Gasteiger partial charge in [0.05, 0.1) is 12.5 Å². The predicted molar refractivity (Wildman–Crippen MR) is 77.7 cm³/mol. The summed E-state index contributed by atoms with van der Waals surface area (Å²) in [5.74, 6) is 0.785. The lowest BCUT2D eigenvalue weighted by molar-refractivity contribution is 0.410. The van der Waals surface area contributed by atoms with Crippen molar-refractivity contribution in [3.05, 3.63) is 49.6 Å². The molecule has 0 aliphatic rings. The van der Waals surface area contributed by atoms with Crippen LogP contribution in [0.5, 0.6) is 5.75 Å². The molecule has 1 atom stereocenters. The lowest BCUT2D eigenvalue weighted by atomic mass is 10.1. The van der Waals surface area contributed by atoms with Crippen LogP contribution in [0.3, 0.4) is 0 Å². The van der Waals surface area contributed by atoms with Gasteiger partial charge >= 0.3 is 0 Å². The van der Waals surface area contributed by atoms with E-state index in [2.05, 4.69) is 15.9 Å². The number of para-hydroxylation sites is 1. The van der Waals surface area contributed by atoms with Gasteiger partial charge in [-0.05, 0) is 28.1 Å². The molecular formula is C12H9BrCl2OS. The van der Waals surface area contributed by atoms with Gasteiger partial charge < -0.3 is 4.74 Å². The van der Waals surface area contributed by atoms with E-state index in [1.54, 1.807) is 7.11 Å². The zero-order chi connectivity index (χ0) is 12.4. The molecule has 0 spiro atoms. The van der Waals surface area contributed by atoms with Crippen LogP contribution < -0.4 is 4.74 Å². The summed E-state index contributed by atoms with van der Waals surface area (Å²) in [7, 11) is 1.64. The molecule has 1 heterocycles. The maximum Gasteiger partial charge on any atom is 0.123 e. The minimum absolute atomic E-state index is 0.250. The normalized spacial score (nSPS) is 12.5. The van der Waals surface area contributed by atoms with Crippen LogP contribution in [0, 0.1) is 0 Å². The molecule has 0 aliphatic carbocycles. The van der Waals surface area contributed by atoms with Crippen LogP contribution in [0.2, 0.25) is 4.34 Å². The first-order valence-electron chi connectivity index (χ1n) is 4.85. The Morgan fingerprint density at radius 2 is 2.06 bits per heavy atom. The first-order valence-corrected chi connectivity index (χ1v) is 7.27. The van der Waals surface area contributed by atoms with Gasteiger partial charge in [-0.1, -0.05) is 29.8 Å². The molecule has 2 rings (SSSR count). The SMILES string of the molecule is COc1ccccc1C(Cl)c1cc(Br)c(Cl)s1. The Hall–Kier alpha value is -0.220. The Kier molecular flexibility index (Phi) is 4.36. The fourth-order valence-corrected chi connectivity index (χ4v) is 3.63. The third-order valence-electron chi connectivity index (χ3n) is 2.33. The van der Waals surface area contributed by atoms with Crippen LogP contribution in [-0.4, -0.2) is 7.11 Å². The molecule has 0 bridgehead atoms. The number of hydrogen-bond donors (Lipinski definition) is 0. The molecule has 0 saturated heterocycles. The minimum atomic E-state index is -0.250. The van der Waals surface area contributed by atoms with E-state index >= 15 is 0 Å². The van der Waals surface area contributed by atoms with E-state index in [1.807, 2.05) is 30.3 Å². The molecule has 1 aromatic carbocycles. The second-order valence-corrected chi connectivity index (χ2v) is 6.35. The molecule has 1 unspecified atom stereocenters. The summed E-state index contributed by atoms with van der Waals surface area (Å²) < 4.78 is 6.88. The van der Waals surface area contributed by atoms with Crippen molar-refractivity contribution in [2.45, 2.75) is 5.38 Å². The second-order valence-electron chi connectivity index (χ2n) is 3.37. The molecule has 0 saturated carbocycles. The number of rotatable bonds is 3. The zero-order valence-corrected chi connectivity index (χ0v) is 12.8. The van der Waals surface area contributed by atoms with Gasteiger partial charge in [0.25, 0.3) is 0 Å². The average Bonchev–Trinajstić information content (AvgIpc) is 2.68. The van der Waals surface area contributed by atoms with E-state index in [-0.39, 0.29) is 5.38 Å². The summed E-state index contributed by atoms with van der Waals surface area (Å²) in [4.78, 5) is 0.994. The number of thiophene rings is 1. The van der Waals surface area contributed by atoms with Gasteiger partial charge in [-0.3, -0.25) is 0 Å². The van der Waals surface area contributed by atoms with E-state index in [0.29, 0.717) is 4.34 Å². The topological polar surface area (TPSA) is 9.23 Å². The summed E-state index contributed by atoms with van der Waals surface area (Å²) >= 11 is 17.3. The van der Waals surface area contributed by atoms with Crippen LogP contribution in [-0.2, 0) is 0 Å². The van der Waals surface area contributed by atoms with Gasteiger partial charge in [0.15, 0.2) is 0 Å². The molecule has 2 aromatic rings. The fraction of sp³-hybridized carbons (Fsp3) is 0.167. The summed E-state index contributed by atoms with van der Waals surface area (Å²) in [6.45, 7) is 0. The number of alkyl halides is 1. The number of halogens is 3. The molecule has 0 fully saturated rings. The van der Waals surface area contributed by atoms with Crippen molar-refractivity contribution in [1.29, 1.82) is 0 Å². The number of methoxy groups -OCH3 is 1. The van der Waals surface area contributed by atoms with E-state index in [4.69, 9.17) is 27.9 Å². The Morgan fingerprint density at radius 1 is 1.35 bits per heavy atom. The first-order chi connectivity index (χ1) is 8.13. The molecular weight excluding hydrogens is 343 g/mol. The van der Waals surface area contributed by atoms with Crippen molar-refractivity contribution in [2.24, 2.45) is 0 Å². The quantitative estimate of drug-likeness (QED) is 0.663. The molecule has 90 valence electrons. The van der Waals surface area contributed by atoms with E-state index in [9.17, 15) is 0 Å². The average molecular weight is 352 g/mol. The van der Waals surface area contributed by atoms with Crippen molar-refractivity contribution in [1.82, 2.24) is 0 Å². The number of ether oxygens (including phenoxy) is 1. The fourth-order valence-electron chi connectivity index (χ4n) is 1.52. The second kappa shape index (κ2) is 5.61. The van der Waals surface area contributed by atoms with Crippen molar-refractivity contribution in [3.8, 4) is 5.75 Å². The van der Waals surface area contributed by atoms with Crippen molar-refractivity contribution >= 4 is 50.5 Å². The van der Waals surface area contributed by atoms with Crippen LogP contribution in [0.1, 0.15) is 15.8 Å². The van der Waals surface area contributed by atoms with Crippen molar-refractivity contribution in [2.75, 3.05) is 7.11 Å². The summed E-state index contributed by atoms with van der Waals surface area (Å²) in [5, 5.41) is -0.250. The van der Waals surface area contributed by atoms with Gasteiger partial charge in [-0.15, -0.1) is 22.9 Å². The first kappa shape index (κ1) is 13.2. The number of benzene rings is 1. The lowest BCUT2D eigenvalue weighted by Gasteiger charge is -2.12. The highest BCUT2D eigenvalue weighted by Gasteiger charge is 2.18. The Labute approximate surface area is 122 Å². The Bertz CT molecular complexity index is 507. The third-order valence-corrected chi connectivity index (χ3v) is 5.47. The third kappa shape index (κ3) is 2.79. The summed E-state index contributed by atoms with van der Waals surface area (Å²) in [5.41, 5.74) is 0.946. The maximum atomic E-state index is 6.45. The molecule has 0 amide bonds. The monoisotopic (exact) mass is 350 g/mol. The highest BCUT2D eigenvalue weighted by molar-refractivity contribution is 9.10. The molecule has 17 heavy (non-hydrogen) atoms. The van der Waals surface area contributed by atoms with Crippen LogP contribution in [0.25, 0.3) is 0 Å². The highest BCUT2D eigenvalue weighted by Crippen LogP contribution is 2.42. The molecule has 5 heteroatoms.